The molecule has 0 aromatic heterocycles. The normalized spacial score (nSPS) is 11.5. The summed E-state index contributed by atoms with van der Waals surface area (Å²) in [5.41, 5.74) is 1.87. The van der Waals surface area contributed by atoms with Gasteiger partial charge < -0.3 is 15.0 Å². The maximum absolute atomic E-state index is 13.3. The maximum atomic E-state index is 13.3. The molecule has 7 heteroatoms. The molecule has 0 heterocycles. The first-order valence-electron chi connectivity index (χ1n) is 10.1. The first kappa shape index (κ1) is 23.8. The molecule has 0 bridgehead atoms. The van der Waals surface area contributed by atoms with E-state index >= 15 is 0 Å². The first-order valence-corrected chi connectivity index (χ1v) is 11.3. The molecule has 32 heavy (non-hydrogen) atoms. The third-order valence-corrected chi connectivity index (χ3v) is 5.68. The van der Waals surface area contributed by atoms with Gasteiger partial charge in [0.25, 0.3) is 5.91 Å². The number of halogens is 2. The zero-order valence-electron chi connectivity index (χ0n) is 17.6. The number of hydrogen-bond donors (Lipinski definition) is 1. The lowest BCUT2D eigenvalue weighted by atomic mass is 10.0. The van der Waals surface area contributed by atoms with Crippen molar-refractivity contribution in [3.8, 4) is 5.75 Å². The molecule has 1 atom stereocenters. The largest absolute Gasteiger partial charge is 0.484 e. The molecule has 0 spiro atoms. The van der Waals surface area contributed by atoms with Gasteiger partial charge in [-0.15, -0.1) is 0 Å². The topological polar surface area (TPSA) is 58.6 Å². The van der Waals surface area contributed by atoms with Crippen molar-refractivity contribution in [2.75, 3.05) is 13.7 Å². The number of carbonyl (C=O) groups excluding carboxylic acids is 2. The van der Waals surface area contributed by atoms with Gasteiger partial charge >= 0.3 is 0 Å². The van der Waals surface area contributed by atoms with Gasteiger partial charge in [0.15, 0.2) is 6.61 Å². The van der Waals surface area contributed by atoms with Crippen LogP contribution in [0.15, 0.2) is 83.3 Å². The summed E-state index contributed by atoms with van der Waals surface area (Å²) < 4.78 is 6.59. The second kappa shape index (κ2) is 11.7. The molecule has 1 N–H and O–H groups in total. The second-order valence-corrected chi connectivity index (χ2v) is 8.57. The number of likely N-dealkylation sites (N-methyl/N-ethyl adjacent to an activating group) is 1. The zero-order chi connectivity index (χ0) is 22.9. The van der Waals surface area contributed by atoms with Gasteiger partial charge in [-0.05, 0) is 47.5 Å². The highest BCUT2D eigenvalue weighted by Gasteiger charge is 2.30. The van der Waals surface area contributed by atoms with E-state index in [1.165, 1.54) is 0 Å². The second-order valence-electron chi connectivity index (χ2n) is 7.21. The molecule has 0 saturated carbocycles. The number of nitrogens with zero attached hydrogens (tertiary/aromatic N) is 1. The third kappa shape index (κ3) is 6.84. The summed E-state index contributed by atoms with van der Waals surface area (Å²) >= 11 is 9.39. The van der Waals surface area contributed by atoms with Gasteiger partial charge in [0.05, 0.1) is 0 Å². The quantitative estimate of drug-likeness (QED) is 0.442. The van der Waals surface area contributed by atoms with Gasteiger partial charge in [0, 0.05) is 29.5 Å². The molecule has 0 aliphatic heterocycles. The molecule has 0 aliphatic carbocycles. The summed E-state index contributed by atoms with van der Waals surface area (Å²) in [4.78, 5) is 27.7. The number of rotatable bonds is 9. The van der Waals surface area contributed by atoms with Gasteiger partial charge in [-0.1, -0.05) is 70.0 Å². The van der Waals surface area contributed by atoms with E-state index in [-0.39, 0.29) is 25.0 Å². The molecule has 0 fully saturated rings. The molecule has 3 aromatic carbocycles. The Morgan fingerprint density at radius 1 is 1.00 bits per heavy atom. The van der Waals surface area contributed by atoms with Crippen molar-refractivity contribution in [2.45, 2.75) is 19.0 Å². The maximum Gasteiger partial charge on any atom is 0.261 e. The lowest BCUT2D eigenvalue weighted by molar-refractivity contribution is -0.142. The molecular weight excluding hydrogens is 492 g/mol. The molecule has 3 rings (SSSR count). The monoisotopic (exact) mass is 514 g/mol. The Morgan fingerprint density at radius 2 is 1.69 bits per heavy atom. The van der Waals surface area contributed by atoms with Gasteiger partial charge in [-0.3, -0.25) is 9.59 Å². The highest BCUT2D eigenvalue weighted by Crippen LogP contribution is 2.19. The fourth-order valence-corrected chi connectivity index (χ4v) is 3.88. The number of amides is 2. The SMILES string of the molecule is CNC(=O)C(Cc1ccccc1)N(Cc1cccc(Br)c1)C(=O)COc1ccc(Cl)cc1. The van der Waals surface area contributed by atoms with Gasteiger partial charge in [-0.2, -0.15) is 0 Å². The molecule has 0 aliphatic rings. The van der Waals surface area contributed by atoms with Crippen LogP contribution >= 0.6 is 27.5 Å². The lowest BCUT2D eigenvalue weighted by Gasteiger charge is -2.31. The van der Waals surface area contributed by atoms with Crippen molar-refractivity contribution in [2.24, 2.45) is 0 Å². The van der Waals surface area contributed by atoms with Crippen molar-refractivity contribution in [1.29, 1.82) is 0 Å². The fourth-order valence-electron chi connectivity index (χ4n) is 3.31. The average molecular weight is 516 g/mol. The number of benzene rings is 3. The summed E-state index contributed by atoms with van der Waals surface area (Å²) in [6.07, 6.45) is 0.390. The predicted octanol–water partition coefficient (Wildman–Crippen LogP) is 4.87. The van der Waals surface area contributed by atoms with E-state index in [2.05, 4.69) is 21.2 Å². The molecule has 5 nitrogen and oxygen atoms in total. The van der Waals surface area contributed by atoms with E-state index in [0.717, 1.165) is 15.6 Å². The minimum atomic E-state index is -0.692. The fraction of sp³-hybridized carbons (Fsp3) is 0.200. The summed E-state index contributed by atoms with van der Waals surface area (Å²) in [7, 11) is 1.58. The number of hydrogen-bond acceptors (Lipinski definition) is 3. The van der Waals surface area contributed by atoms with Crippen molar-refractivity contribution in [1.82, 2.24) is 10.2 Å². The average Bonchev–Trinajstić information content (AvgIpc) is 2.81. The Bertz CT molecular complexity index is 1040. The van der Waals surface area contributed by atoms with Crippen LogP contribution in [0.2, 0.25) is 5.02 Å². The Balaban J connectivity index is 1.86. The van der Waals surface area contributed by atoms with Crippen molar-refractivity contribution in [3.63, 3.8) is 0 Å². The van der Waals surface area contributed by atoms with E-state index in [1.54, 1.807) is 36.2 Å². The molecule has 1 unspecified atom stereocenters. The molecule has 166 valence electrons. The van der Waals surface area contributed by atoms with Crippen LogP contribution in [0.1, 0.15) is 11.1 Å². The molecule has 0 saturated heterocycles. The Kier molecular flexibility index (Phi) is 8.71. The van der Waals surface area contributed by atoms with Crippen LogP contribution in [0, 0.1) is 0 Å². The molecule has 0 radical (unpaired) electrons. The van der Waals surface area contributed by atoms with Crippen LogP contribution in [-0.2, 0) is 22.6 Å². The van der Waals surface area contributed by atoms with Crippen LogP contribution in [0.5, 0.6) is 5.75 Å². The number of ether oxygens (including phenoxy) is 1. The molecule has 2 amide bonds. The van der Waals surface area contributed by atoms with E-state index < -0.39 is 6.04 Å². The Morgan fingerprint density at radius 3 is 2.34 bits per heavy atom. The van der Waals surface area contributed by atoms with E-state index in [0.29, 0.717) is 17.2 Å². The highest BCUT2D eigenvalue weighted by molar-refractivity contribution is 9.10. The van der Waals surface area contributed by atoms with E-state index in [1.807, 2.05) is 54.6 Å². The smallest absolute Gasteiger partial charge is 0.261 e. The molecule has 3 aromatic rings. The van der Waals surface area contributed by atoms with Crippen LogP contribution in [0.4, 0.5) is 0 Å². The Labute approximate surface area is 201 Å². The summed E-state index contributed by atoms with van der Waals surface area (Å²) in [6, 6.07) is 23.4. The van der Waals surface area contributed by atoms with Crippen molar-refractivity contribution < 1.29 is 14.3 Å². The Hall–Kier alpha value is -2.83. The standard InChI is InChI=1S/C25H24BrClN2O3/c1-28-25(31)23(15-18-6-3-2-4-7-18)29(16-19-8-5-9-20(26)14-19)24(30)17-32-22-12-10-21(27)11-13-22/h2-14,23H,15-17H2,1H3,(H,28,31). The van der Waals surface area contributed by atoms with Crippen molar-refractivity contribution >= 4 is 39.3 Å². The summed E-state index contributed by atoms with van der Waals surface area (Å²) in [5.74, 6) is 0.0119. The van der Waals surface area contributed by atoms with Gasteiger partial charge in [0.2, 0.25) is 5.91 Å². The van der Waals surface area contributed by atoms with Crippen LogP contribution < -0.4 is 10.1 Å². The zero-order valence-corrected chi connectivity index (χ0v) is 20.0. The minimum absolute atomic E-state index is 0.197. The van der Waals surface area contributed by atoms with Crippen molar-refractivity contribution in [3.05, 3.63) is 99.5 Å². The van der Waals surface area contributed by atoms with E-state index in [4.69, 9.17) is 16.3 Å². The van der Waals surface area contributed by atoms with Crippen LogP contribution in [0.25, 0.3) is 0 Å². The third-order valence-electron chi connectivity index (χ3n) is 4.94. The lowest BCUT2D eigenvalue weighted by Crippen LogP contribution is -2.51. The number of carbonyl (C=O) groups is 2. The van der Waals surface area contributed by atoms with Gasteiger partial charge in [-0.25, -0.2) is 0 Å². The van der Waals surface area contributed by atoms with Crippen LogP contribution in [-0.4, -0.2) is 36.4 Å². The summed E-state index contributed by atoms with van der Waals surface area (Å²) in [6.45, 7) is 0.0745. The highest BCUT2D eigenvalue weighted by atomic mass is 79.9. The van der Waals surface area contributed by atoms with Crippen LogP contribution in [0.3, 0.4) is 0 Å². The minimum Gasteiger partial charge on any atom is -0.484 e. The predicted molar refractivity (Wildman–Crippen MR) is 130 cm³/mol. The summed E-state index contributed by atoms with van der Waals surface area (Å²) in [5, 5.41) is 3.29. The molecular formula is C25H24BrClN2O3. The first-order chi connectivity index (χ1) is 15.5. The van der Waals surface area contributed by atoms with Gasteiger partial charge in [0.1, 0.15) is 11.8 Å². The number of nitrogens with one attached hydrogen (secondary N) is 1. The van der Waals surface area contributed by atoms with E-state index in [9.17, 15) is 9.59 Å².